The minimum absolute atomic E-state index is 0.303. The molecule has 0 unspecified atom stereocenters. The fourth-order valence-electron chi connectivity index (χ4n) is 2.43. The molecule has 1 aliphatic rings. The highest BCUT2D eigenvalue weighted by Crippen LogP contribution is 2.31. The second-order valence-corrected chi connectivity index (χ2v) is 5.22. The summed E-state index contributed by atoms with van der Waals surface area (Å²) in [5.74, 6) is -0.303. The molecule has 2 rings (SSSR count). The van der Waals surface area contributed by atoms with E-state index in [1.807, 2.05) is 4.90 Å². The van der Waals surface area contributed by atoms with Crippen molar-refractivity contribution in [3.8, 4) is 0 Å². The van der Waals surface area contributed by atoms with Crippen molar-refractivity contribution < 1.29 is 22.7 Å². The fraction of sp³-hybridized carbons (Fsp3) is 0.533. The number of alkyl halides is 3. The average Bonchev–Trinajstić information content (AvgIpc) is 2.47. The maximum absolute atomic E-state index is 12.7. The molecule has 0 amide bonds. The minimum Gasteiger partial charge on any atom is -0.465 e. The number of rotatable bonds is 4. The maximum Gasteiger partial charge on any atom is 0.416 e. The van der Waals surface area contributed by atoms with Crippen molar-refractivity contribution in [2.45, 2.75) is 13.1 Å². The molecule has 1 heterocycles. The number of benzene rings is 1. The number of esters is 1. The highest BCUT2D eigenvalue weighted by Gasteiger charge is 2.31. The van der Waals surface area contributed by atoms with Crippen molar-refractivity contribution in [1.29, 1.82) is 0 Å². The van der Waals surface area contributed by atoms with Crippen LogP contribution in [0.15, 0.2) is 24.3 Å². The smallest absolute Gasteiger partial charge is 0.416 e. The topological polar surface area (TPSA) is 32.8 Å². The molecule has 0 spiro atoms. The molecule has 1 aromatic rings. The third kappa shape index (κ3) is 4.62. The molecule has 1 saturated heterocycles. The van der Waals surface area contributed by atoms with E-state index >= 15 is 0 Å². The van der Waals surface area contributed by atoms with Gasteiger partial charge in [0.2, 0.25) is 0 Å². The third-order valence-corrected chi connectivity index (χ3v) is 3.62. The number of carbonyl (C=O) groups is 1. The second-order valence-electron chi connectivity index (χ2n) is 5.22. The Hall–Kier alpha value is -1.76. The van der Waals surface area contributed by atoms with E-state index in [1.54, 1.807) is 6.07 Å². The van der Waals surface area contributed by atoms with Gasteiger partial charge in [0, 0.05) is 45.3 Å². The van der Waals surface area contributed by atoms with E-state index in [1.165, 1.54) is 19.1 Å². The number of carbonyl (C=O) groups excluding carboxylic acids is 1. The van der Waals surface area contributed by atoms with Crippen LogP contribution in [-0.4, -0.2) is 50.2 Å². The van der Waals surface area contributed by atoms with Gasteiger partial charge in [-0.3, -0.25) is 9.69 Å². The van der Waals surface area contributed by atoms with Gasteiger partial charge in [-0.1, -0.05) is 6.07 Å². The number of halogens is 3. The number of piperazine rings is 1. The van der Waals surface area contributed by atoms with Gasteiger partial charge in [0.15, 0.2) is 0 Å². The van der Waals surface area contributed by atoms with E-state index in [-0.39, 0.29) is 5.97 Å². The zero-order chi connectivity index (χ0) is 16.2. The van der Waals surface area contributed by atoms with Gasteiger partial charge in [-0.05, 0) is 18.2 Å². The molecule has 0 aromatic heterocycles. The first-order chi connectivity index (χ1) is 10.4. The highest BCUT2D eigenvalue weighted by atomic mass is 19.4. The quantitative estimate of drug-likeness (QED) is 0.799. The van der Waals surface area contributed by atoms with Crippen molar-refractivity contribution in [2.75, 3.05) is 44.2 Å². The summed E-state index contributed by atoms with van der Waals surface area (Å²) in [4.78, 5) is 14.8. The average molecular weight is 316 g/mol. The second kappa shape index (κ2) is 7.00. The van der Waals surface area contributed by atoms with Crippen molar-refractivity contribution in [1.82, 2.24) is 4.90 Å². The standard InChI is InChI=1S/C15H19F3N2O2/c1-12(21)22-10-9-19-5-7-20(8-6-19)14-4-2-3-13(11-14)15(16,17)18/h2-4,11H,5-10H2,1H3. The van der Waals surface area contributed by atoms with Crippen LogP contribution in [0.3, 0.4) is 0 Å². The molecule has 0 atom stereocenters. The van der Waals surface area contributed by atoms with Crippen molar-refractivity contribution in [3.05, 3.63) is 29.8 Å². The lowest BCUT2D eigenvalue weighted by Gasteiger charge is -2.36. The number of anilines is 1. The van der Waals surface area contributed by atoms with Crippen LogP contribution in [0.1, 0.15) is 12.5 Å². The molecule has 1 fully saturated rings. The van der Waals surface area contributed by atoms with E-state index < -0.39 is 11.7 Å². The summed E-state index contributed by atoms with van der Waals surface area (Å²) in [6.07, 6.45) is -4.32. The third-order valence-electron chi connectivity index (χ3n) is 3.62. The van der Waals surface area contributed by atoms with Crippen LogP contribution in [0.2, 0.25) is 0 Å². The van der Waals surface area contributed by atoms with Gasteiger partial charge in [-0.15, -0.1) is 0 Å². The summed E-state index contributed by atoms with van der Waals surface area (Å²) in [5, 5.41) is 0. The van der Waals surface area contributed by atoms with E-state index in [9.17, 15) is 18.0 Å². The first kappa shape index (κ1) is 16.6. The molecule has 122 valence electrons. The first-order valence-electron chi connectivity index (χ1n) is 7.14. The minimum atomic E-state index is -4.32. The van der Waals surface area contributed by atoms with Crippen LogP contribution in [0.4, 0.5) is 18.9 Å². The molecule has 0 saturated carbocycles. The highest BCUT2D eigenvalue weighted by molar-refractivity contribution is 5.65. The van der Waals surface area contributed by atoms with Gasteiger partial charge < -0.3 is 9.64 Å². The molecule has 0 aliphatic carbocycles. The van der Waals surface area contributed by atoms with Crippen LogP contribution in [0.25, 0.3) is 0 Å². The fourth-order valence-corrected chi connectivity index (χ4v) is 2.43. The predicted octanol–water partition coefficient (Wildman–Crippen LogP) is 2.39. The Bertz CT molecular complexity index is 512. The maximum atomic E-state index is 12.7. The number of ether oxygens (including phenoxy) is 1. The van der Waals surface area contributed by atoms with E-state index in [0.29, 0.717) is 31.9 Å². The van der Waals surface area contributed by atoms with Gasteiger partial charge >= 0.3 is 12.1 Å². The molecule has 7 heteroatoms. The number of nitrogens with zero attached hydrogens (tertiary/aromatic N) is 2. The van der Waals surface area contributed by atoms with Gasteiger partial charge in [0.1, 0.15) is 6.61 Å². The lowest BCUT2D eigenvalue weighted by Crippen LogP contribution is -2.47. The van der Waals surface area contributed by atoms with Crippen LogP contribution in [0, 0.1) is 0 Å². The Morgan fingerprint density at radius 3 is 2.50 bits per heavy atom. The summed E-state index contributed by atoms with van der Waals surface area (Å²) in [6.45, 7) is 5.14. The lowest BCUT2D eigenvalue weighted by atomic mass is 10.1. The zero-order valence-corrected chi connectivity index (χ0v) is 12.4. The normalized spacial score (nSPS) is 16.6. The summed E-state index contributed by atoms with van der Waals surface area (Å²) >= 11 is 0. The molecule has 1 aromatic carbocycles. The SMILES string of the molecule is CC(=O)OCCN1CCN(c2cccc(C(F)(F)F)c2)CC1. The molecule has 0 radical (unpaired) electrons. The Balaban J connectivity index is 1.88. The van der Waals surface area contributed by atoms with Crippen LogP contribution in [-0.2, 0) is 15.7 Å². The first-order valence-corrected chi connectivity index (χ1v) is 7.14. The Kier molecular flexibility index (Phi) is 5.28. The Labute approximate surface area is 127 Å². The molecule has 4 nitrogen and oxygen atoms in total. The molecule has 1 aliphatic heterocycles. The van der Waals surface area contributed by atoms with Crippen molar-refractivity contribution >= 4 is 11.7 Å². The number of hydrogen-bond donors (Lipinski definition) is 0. The van der Waals surface area contributed by atoms with Gasteiger partial charge in [0.05, 0.1) is 5.56 Å². The van der Waals surface area contributed by atoms with E-state index in [0.717, 1.165) is 19.2 Å². The zero-order valence-electron chi connectivity index (χ0n) is 12.4. The molecular formula is C15H19F3N2O2. The van der Waals surface area contributed by atoms with Crippen molar-refractivity contribution in [2.24, 2.45) is 0 Å². The van der Waals surface area contributed by atoms with Gasteiger partial charge in [-0.2, -0.15) is 13.2 Å². The summed E-state index contributed by atoms with van der Waals surface area (Å²) in [5.41, 5.74) is -0.0308. The Morgan fingerprint density at radius 2 is 1.91 bits per heavy atom. The lowest BCUT2D eigenvalue weighted by molar-refractivity contribution is -0.141. The van der Waals surface area contributed by atoms with Crippen molar-refractivity contribution in [3.63, 3.8) is 0 Å². The largest absolute Gasteiger partial charge is 0.465 e. The molecular weight excluding hydrogens is 297 g/mol. The van der Waals surface area contributed by atoms with Crippen LogP contribution in [0.5, 0.6) is 0 Å². The summed E-state index contributed by atoms with van der Waals surface area (Å²) in [6, 6.07) is 5.41. The van der Waals surface area contributed by atoms with E-state index in [2.05, 4.69) is 4.90 Å². The molecule has 22 heavy (non-hydrogen) atoms. The summed E-state index contributed by atoms with van der Waals surface area (Å²) in [7, 11) is 0. The number of hydrogen-bond acceptors (Lipinski definition) is 4. The Morgan fingerprint density at radius 1 is 1.23 bits per heavy atom. The summed E-state index contributed by atoms with van der Waals surface area (Å²) < 4.78 is 43.1. The van der Waals surface area contributed by atoms with Gasteiger partial charge in [-0.25, -0.2) is 0 Å². The molecule has 0 N–H and O–H groups in total. The van der Waals surface area contributed by atoms with Gasteiger partial charge in [0.25, 0.3) is 0 Å². The van der Waals surface area contributed by atoms with Crippen LogP contribution >= 0.6 is 0 Å². The monoisotopic (exact) mass is 316 g/mol. The van der Waals surface area contributed by atoms with Crippen LogP contribution < -0.4 is 4.90 Å². The predicted molar refractivity (Wildman–Crippen MR) is 76.7 cm³/mol. The molecule has 0 bridgehead atoms. The van der Waals surface area contributed by atoms with E-state index in [4.69, 9.17) is 4.74 Å².